The minimum absolute atomic E-state index is 0.102. The summed E-state index contributed by atoms with van der Waals surface area (Å²) in [5, 5.41) is 5.64. The molecule has 64 heavy (non-hydrogen) atoms. The first kappa shape index (κ1) is 44.0. The van der Waals surface area contributed by atoms with Gasteiger partial charge in [-0.15, -0.1) is 0 Å². The SMILES string of the molecule is COC(=O)N[C@H](C(=O)N1CC2(CC2)C[C@H]1c1nc2ccc(C#Cc3ccc(-c4cnc([C@@H]5CCCN5C(=O)[C@H](NC(=O)OC(C)(C)C)[C@H](C)c5ccccc5)[nH]4)cc3)cc2[nH]1)C(C)C. The fourth-order valence-corrected chi connectivity index (χ4v) is 9.02. The lowest BCUT2D eigenvalue weighted by Crippen LogP contribution is -2.52. The molecule has 1 spiro atoms. The topological polar surface area (TPSA) is 175 Å². The second-order valence-electron chi connectivity index (χ2n) is 18.9. The molecule has 5 atom stereocenters. The van der Waals surface area contributed by atoms with E-state index in [1.165, 1.54) is 7.11 Å². The third kappa shape index (κ3) is 9.63. The molecule has 1 aliphatic carbocycles. The van der Waals surface area contributed by atoms with Gasteiger partial charge in [-0.05, 0) is 106 Å². The maximum absolute atomic E-state index is 14.3. The average molecular weight is 867 g/mol. The normalized spacial score (nSPS) is 19.2. The van der Waals surface area contributed by atoms with Crippen molar-refractivity contribution < 1.29 is 28.7 Å². The van der Waals surface area contributed by atoms with Crippen molar-refractivity contribution in [3.63, 3.8) is 0 Å². The fourth-order valence-electron chi connectivity index (χ4n) is 9.02. The second kappa shape index (κ2) is 17.9. The highest BCUT2D eigenvalue weighted by molar-refractivity contribution is 5.88. The van der Waals surface area contributed by atoms with Crippen LogP contribution in [0.2, 0.25) is 0 Å². The molecule has 4 heterocycles. The van der Waals surface area contributed by atoms with Crippen molar-refractivity contribution in [2.24, 2.45) is 11.3 Å². The van der Waals surface area contributed by atoms with E-state index in [4.69, 9.17) is 19.4 Å². The summed E-state index contributed by atoms with van der Waals surface area (Å²) in [6.07, 6.45) is 5.06. The molecule has 1 saturated carbocycles. The highest BCUT2D eigenvalue weighted by atomic mass is 16.6. The van der Waals surface area contributed by atoms with Crippen LogP contribution in [-0.2, 0) is 19.1 Å². The number of nitrogens with zero attached hydrogens (tertiary/aromatic N) is 4. The molecule has 2 aliphatic heterocycles. The van der Waals surface area contributed by atoms with Crippen molar-refractivity contribution in [3.05, 3.63) is 107 Å². The van der Waals surface area contributed by atoms with Crippen LogP contribution in [0.1, 0.15) is 120 Å². The lowest BCUT2D eigenvalue weighted by atomic mass is 9.92. The smallest absolute Gasteiger partial charge is 0.408 e. The van der Waals surface area contributed by atoms with Crippen LogP contribution in [0.3, 0.4) is 0 Å². The maximum Gasteiger partial charge on any atom is 0.408 e. The third-order valence-electron chi connectivity index (χ3n) is 12.7. The zero-order valence-corrected chi connectivity index (χ0v) is 37.7. The van der Waals surface area contributed by atoms with E-state index in [-0.39, 0.29) is 41.1 Å². The summed E-state index contributed by atoms with van der Waals surface area (Å²) in [5.74, 6) is 7.28. The Bertz CT molecular complexity index is 2580. The summed E-state index contributed by atoms with van der Waals surface area (Å²) in [6.45, 7) is 12.4. The Kier molecular flexibility index (Phi) is 12.3. The number of carbonyl (C=O) groups excluding carboxylic acids is 4. The van der Waals surface area contributed by atoms with Gasteiger partial charge in [0.25, 0.3) is 0 Å². The zero-order chi connectivity index (χ0) is 45.3. The van der Waals surface area contributed by atoms with Gasteiger partial charge in [0.15, 0.2) is 0 Å². The van der Waals surface area contributed by atoms with Gasteiger partial charge in [0, 0.05) is 30.1 Å². The number of amides is 4. The Morgan fingerprint density at radius 3 is 2.20 bits per heavy atom. The number of benzene rings is 3. The van der Waals surface area contributed by atoms with E-state index < -0.39 is 29.9 Å². The van der Waals surface area contributed by atoms with E-state index in [2.05, 4.69) is 32.4 Å². The van der Waals surface area contributed by atoms with Crippen LogP contribution in [0.15, 0.2) is 79.0 Å². The van der Waals surface area contributed by atoms with Gasteiger partial charge in [-0.25, -0.2) is 19.6 Å². The lowest BCUT2D eigenvalue weighted by Gasteiger charge is -2.32. The second-order valence-corrected chi connectivity index (χ2v) is 18.9. The first-order valence-electron chi connectivity index (χ1n) is 22.3. The summed E-state index contributed by atoms with van der Waals surface area (Å²) in [7, 11) is 1.30. The first-order valence-corrected chi connectivity index (χ1v) is 22.3. The maximum atomic E-state index is 14.3. The number of nitrogens with one attached hydrogen (secondary N) is 4. The van der Waals surface area contributed by atoms with Gasteiger partial charge < -0.3 is 39.9 Å². The van der Waals surface area contributed by atoms with Gasteiger partial charge in [-0.1, -0.05) is 75.1 Å². The van der Waals surface area contributed by atoms with Gasteiger partial charge in [0.2, 0.25) is 11.8 Å². The van der Waals surface area contributed by atoms with Crippen LogP contribution < -0.4 is 10.6 Å². The van der Waals surface area contributed by atoms with E-state index >= 15 is 0 Å². The number of hydrogen-bond acceptors (Lipinski definition) is 8. The van der Waals surface area contributed by atoms with Gasteiger partial charge in [0.1, 0.15) is 29.3 Å². The summed E-state index contributed by atoms with van der Waals surface area (Å²) < 4.78 is 10.4. The number of likely N-dealkylation sites (tertiary alicyclic amines) is 2. The Hall–Kier alpha value is -6.62. The molecule has 0 unspecified atom stereocenters. The Labute approximate surface area is 374 Å². The highest BCUT2D eigenvalue weighted by Gasteiger charge is 2.55. The molecule has 3 aliphatic rings. The Balaban J connectivity index is 0.946. The number of fused-ring (bicyclic) bond motifs is 1. The highest BCUT2D eigenvalue weighted by Crippen LogP contribution is 2.58. The summed E-state index contributed by atoms with van der Waals surface area (Å²) in [4.78, 5) is 73.8. The molecule has 334 valence electrons. The molecular weight excluding hydrogens is 809 g/mol. The van der Waals surface area contributed by atoms with Crippen LogP contribution >= 0.6 is 0 Å². The number of H-pyrrole nitrogens is 2. The Morgan fingerprint density at radius 2 is 1.52 bits per heavy atom. The first-order chi connectivity index (χ1) is 30.6. The fraction of sp³-hybridized carbons (Fsp3) is 0.440. The Morgan fingerprint density at radius 1 is 0.828 bits per heavy atom. The predicted octanol–water partition coefficient (Wildman–Crippen LogP) is 8.15. The van der Waals surface area contributed by atoms with Crippen molar-refractivity contribution in [2.75, 3.05) is 20.2 Å². The number of alkyl carbamates (subject to hydrolysis) is 2. The van der Waals surface area contributed by atoms with Crippen molar-refractivity contribution in [1.82, 2.24) is 40.4 Å². The van der Waals surface area contributed by atoms with Gasteiger partial charge in [0.05, 0.1) is 42.1 Å². The number of hydrogen-bond donors (Lipinski definition) is 4. The lowest BCUT2D eigenvalue weighted by molar-refractivity contribution is -0.136. The average Bonchev–Trinajstić information content (AvgIpc) is 3.76. The monoisotopic (exact) mass is 866 g/mol. The molecule has 14 heteroatoms. The van der Waals surface area contributed by atoms with Gasteiger partial charge in [-0.3, -0.25) is 9.59 Å². The third-order valence-corrected chi connectivity index (χ3v) is 12.7. The number of ether oxygens (including phenoxy) is 2. The minimum Gasteiger partial charge on any atom is -0.453 e. The molecular formula is C50H58N8O6. The van der Waals surface area contributed by atoms with Crippen molar-refractivity contribution in [2.45, 2.75) is 109 Å². The van der Waals surface area contributed by atoms with Crippen molar-refractivity contribution in [3.8, 4) is 23.1 Å². The predicted molar refractivity (Wildman–Crippen MR) is 243 cm³/mol. The number of carbonyl (C=O) groups is 4. The molecule has 4 N–H and O–H groups in total. The van der Waals surface area contributed by atoms with E-state index in [0.29, 0.717) is 18.9 Å². The summed E-state index contributed by atoms with van der Waals surface area (Å²) >= 11 is 0. The quantitative estimate of drug-likeness (QED) is 0.102. The number of rotatable bonds is 10. The molecule has 4 amide bonds. The van der Waals surface area contributed by atoms with E-state index in [0.717, 1.165) is 76.9 Å². The number of imidazole rings is 2. The molecule has 2 saturated heterocycles. The largest absolute Gasteiger partial charge is 0.453 e. The van der Waals surface area contributed by atoms with E-state index in [1.807, 2.05) is 103 Å². The van der Waals surface area contributed by atoms with Crippen LogP contribution in [0.4, 0.5) is 9.59 Å². The van der Waals surface area contributed by atoms with E-state index in [9.17, 15) is 19.2 Å². The van der Waals surface area contributed by atoms with Crippen molar-refractivity contribution in [1.29, 1.82) is 0 Å². The van der Waals surface area contributed by atoms with Crippen LogP contribution in [-0.4, -0.2) is 91.6 Å². The number of aromatic nitrogens is 4. The molecule has 3 fully saturated rings. The molecule has 0 radical (unpaired) electrons. The van der Waals surface area contributed by atoms with Gasteiger partial charge in [-0.2, -0.15) is 0 Å². The van der Waals surface area contributed by atoms with Gasteiger partial charge >= 0.3 is 12.2 Å². The molecule has 0 bridgehead atoms. The molecule has 3 aromatic carbocycles. The molecule has 2 aromatic heterocycles. The van der Waals surface area contributed by atoms with E-state index in [1.54, 1.807) is 27.0 Å². The van der Waals surface area contributed by atoms with Crippen molar-refractivity contribution >= 4 is 35.0 Å². The van der Waals surface area contributed by atoms with Crippen LogP contribution in [0.25, 0.3) is 22.3 Å². The minimum atomic E-state index is -0.836. The summed E-state index contributed by atoms with van der Waals surface area (Å²) in [5.41, 5.74) is 5.39. The zero-order valence-electron chi connectivity index (χ0n) is 37.7. The van der Waals surface area contributed by atoms with Crippen LogP contribution in [0, 0.1) is 23.2 Å². The number of aromatic amines is 2. The summed E-state index contributed by atoms with van der Waals surface area (Å²) in [6, 6.07) is 21.5. The number of methoxy groups -OCH3 is 1. The molecule has 14 nitrogen and oxygen atoms in total. The van der Waals surface area contributed by atoms with Crippen LogP contribution in [0.5, 0.6) is 0 Å². The standard InChI is InChI=1S/C50H58N8O6/c1-30(2)41(55-47(61)63-7)45(59)58-29-50(23-24-50)27-40(58)44-52-36-22-19-33(26-37(36)53-44)16-15-32-17-20-35(21-18-32)38-28-51-43(54-38)39-14-11-25-57(39)46(60)42(56-48(62)64-49(4,5)6)31(3)34-12-9-8-10-13-34/h8-10,12-13,17-22,26,28,30-31,39-42H,11,14,23-25,27,29H2,1-7H3,(H,51,54)(H,52,53)(H,55,61)(H,56,62)/t31-,39+,40+,41+,42-/m1/s1. The molecule has 8 rings (SSSR count). The molecule has 5 aromatic rings.